The molecule has 140 valence electrons. The Hall–Kier alpha value is -2.60. The fourth-order valence-corrected chi connectivity index (χ4v) is 3.24. The summed E-state index contributed by atoms with van der Waals surface area (Å²) in [5.74, 6) is 1.71. The molecule has 0 unspecified atom stereocenters. The molecule has 1 aromatic carbocycles. The van der Waals surface area contributed by atoms with Gasteiger partial charge in [0.1, 0.15) is 6.54 Å². The van der Waals surface area contributed by atoms with Gasteiger partial charge in [0.25, 0.3) is 5.89 Å². The molecule has 4 rings (SSSR count). The molecule has 7 heteroatoms. The fraction of sp³-hybridized carbons (Fsp3) is 0.350. The monoisotopic (exact) mass is 384 g/mol. The minimum absolute atomic E-state index is 0.0532. The Kier molecular flexibility index (Phi) is 4.74. The Morgan fingerprint density at radius 1 is 1.30 bits per heavy atom. The Balaban J connectivity index is 1.44. The molecule has 2 aromatic heterocycles. The van der Waals surface area contributed by atoms with Gasteiger partial charge in [0.05, 0.1) is 5.56 Å². The van der Waals surface area contributed by atoms with Crippen LogP contribution in [0.1, 0.15) is 41.5 Å². The quantitative estimate of drug-likeness (QED) is 0.697. The summed E-state index contributed by atoms with van der Waals surface area (Å²) in [4.78, 5) is 16.9. The molecular weight excluding hydrogens is 364 g/mol. The molecule has 3 aromatic rings. The highest BCUT2D eigenvalue weighted by Gasteiger charge is 2.29. The van der Waals surface area contributed by atoms with Crippen LogP contribution >= 0.6 is 11.6 Å². The molecule has 0 atom stereocenters. The Morgan fingerprint density at radius 2 is 2.04 bits per heavy atom. The summed E-state index contributed by atoms with van der Waals surface area (Å²) in [7, 11) is 0. The topological polar surface area (TPSA) is 73.0 Å². The summed E-state index contributed by atoms with van der Waals surface area (Å²) in [6.07, 6.45) is 2.26. The van der Waals surface area contributed by atoms with Gasteiger partial charge in [-0.3, -0.25) is 4.79 Å². The van der Waals surface area contributed by atoms with Gasteiger partial charge in [0.2, 0.25) is 5.91 Å². The number of benzene rings is 1. The maximum absolute atomic E-state index is 12.4. The van der Waals surface area contributed by atoms with Gasteiger partial charge in [-0.25, -0.2) is 0 Å². The summed E-state index contributed by atoms with van der Waals surface area (Å²) in [5.41, 5.74) is 3.82. The number of nitrogens with zero attached hydrogens (tertiary/aromatic N) is 3. The van der Waals surface area contributed by atoms with Crippen LogP contribution in [-0.2, 0) is 17.9 Å². The predicted molar refractivity (Wildman–Crippen MR) is 102 cm³/mol. The Morgan fingerprint density at radius 3 is 2.74 bits per heavy atom. The van der Waals surface area contributed by atoms with Crippen LogP contribution in [0.3, 0.4) is 0 Å². The van der Waals surface area contributed by atoms with Crippen LogP contribution in [0.2, 0.25) is 5.02 Å². The van der Waals surface area contributed by atoms with Crippen LogP contribution in [0.5, 0.6) is 0 Å². The highest BCUT2D eigenvalue weighted by molar-refractivity contribution is 6.30. The number of carbonyl (C=O) groups is 1. The second-order valence-electron chi connectivity index (χ2n) is 7.01. The number of aromatic nitrogens is 3. The molecule has 1 saturated carbocycles. The summed E-state index contributed by atoms with van der Waals surface area (Å²) < 4.78 is 7.40. The van der Waals surface area contributed by atoms with Gasteiger partial charge in [0.15, 0.2) is 5.82 Å². The van der Waals surface area contributed by atoms with Crippen molar-refractivity contribution in [1.29, 1.82) is 0 Å². The van der Waals surface area contributed by atoms with Crippen molar-refractivity contribution in [3.8, 4) is 11.5 Å². The van der Waals surface area contributed by atoms with E-state index in [2.05, 4.69) is 15.5 Å². The molecular formula is C20H21ClN4O2. The molecule has 6 nitrogen and oxygen atoms in total. The van der Waals surface area contributed by atoms with E-state index < -0.39 is 0 Å². The fourth-order valence-electron chi connectivity index (χ4n) is 3.11. The molecule has 1 aliphatic carbocycles. The smallest absolute Gasteiger partial charge is 0.259 e. The maximum Gasteiger partial charge on any atom is 0.259 e. The van der Waals surface area contributed by atoms with Crippen molar-refractivity contribution in [3.63, 3.8) is 0 Å². The number of nitrogens with one attached hydrogen (secondary N) is 1. The van der Waals surface area contributed by atoms with Gasteiger partial charge in [-0.1, -0.05) is 28.9 Å². The molecule has 0 aliphatic heterocycles. The highest BCUT2D eigenvalue weighted by Crippen LogP contribution is 2.39. The molecule has 27 heavy (non-hydrogen) atoms. The van der Waals surface area contributed by atoms with Gasteiger partial charge in [-0.15, -0.1) is 0 Å². The summed E-state index contributed by atoms with van der Waals surface area (Å²) in [6, 6.07) is 9.43. The summed E-state index contributed by atoms with van der Waals surface area (Å²) >= 11 is 5.88. The SMILES string of the molecule is Cc1cc(-c2nc(C3CC3)no2)c(C)n1CC(=O)NCc1ccc(Cl)cc1. The number of amides is 1. The van der Waals surface area contributed by atoms with Crippen molar-refractivity contribution in [1.82, 2.24) is 20.0 Å². The normalized spacial score (nSPS) is 13.7. The van der Waals surface area contributed by atoms with E-state index in [9.17, 15) is 4.79 Å². The first kappa shape index (κ1) is 17.8. The van der Waals surface area contributed by atoms with E-state index in [1.165, 1.54) is 0 Å². The van der Waals surface area contributed by atoms with Gasteiger partial charge in [-0.2, -0.15) is 4.98 Å². The number of hydrogen-bond donors (Lipinski definition) is 1. The third kappa shape index (κ3) is 3.90. The van der Waals surface area contributed by atoms with Crippen LogP contribution in [0.15, 0.2) is 34.9 Å². The molecule has 1 amide bonds. The van der Waals surface area contributed by atoms with Gasteiger partial charge < -0.3 is 14.4 Å². The van der Waals surface area contributed by atoms with E-state index in [0.29, 0.717) is 23.4 Å². The lowest BCUT2D eigenvalue weighted by Crippen LogP contribution is -2.27. The molecule has 1 fully saturated rings. The molecule has 0 spiro atoms. The zero-order chi connectivity index (χ0) is 19.0. The molecule has 0 radical (unpaired) electrons. The third-order valence-electron chi connectivity index (χ3n) is 4.89. The lowest BCUT2D eigenvalue weighted by atomic mass is 10.2. The number of halogens is 1. The second kappa shape index (κ2) is 7.19. The third-order valence-corrected chi connectivity index (χ3v) is 5.14. The van der Waals surface area contributed by atoms with Crippen molar-refractivity contribution < 1.29 is 9.32 Å². The van der Waals surface area contributed by atoms with E-state index in [-0.39, 0.29) is 12.5 Å². The largest absolute Gasteiger partial charge is 0.350 e. The molecule has 2 heterocycles. The van der Waals surface area contributed by atoms with Crippen molar-refractivity contribution in [2.75, 3.05) is 0 Å². The molecule has 0 bridgehead atoms. The number of carbonyl (C=O) groups excluding carboxylic acids is 1. The first-order chi connectivity index (χ1) is 13.0. The highest BCUT2D eigenvalue weighted by atomic mass is 35.5. The first-order valence-corrected chi connectivity index (χ1v) is 9.41. The number of rotatable bonds is 6. The Bertz CT molecular complexity index is 971. The van der Waals surface area contributed by atoms with Crippen LogP contribution in [0.4, 0.5) is 0 Å². The zero-order valence-corrected chi connectivity index (χ0v) is 16.1. The summed E-state index contributed by atoms with van der Waals surface area (Å²) in [6.45, 7) is 4.66. The second-order valence-corrected chi connectivity index (χ2v) is 7.44. The first-order valence-electron chi connectivity index (χ1n) is 9.03. The summed E-state index contributed by atoms with van der Waals surface area (Å²) in [5, 5.41) is 7.71. The van der Waals surface area contributed by atoms with Crippen LogP contribution < -0.4 is 5.32 Å². The van der Waals surface area contributed by atoms with Crippen molar-refractivity contribution >= 4 is 17.5 Å². The zero-order valence-electron chi connectivity index (χ0n) is 15.3. The van der Waals surface area contributed by atoms with E-state index >= 15 is 0 Å². The van der Waals surface area contributed by atoms with E-state index in [4.69, 9.17) is 16.1 Å². The average Bonchev–Trinajstić information content (AvgIpc) is 3.33. The Labute approximate surface area is 162 Å². The molecule has 1 N–H and O–H groups in total. The predicted octanol–water partition coefficient (Wildman–Crippen LogP) is 4.00. The van der Waals surface area contributed by atoms with Crippen LogP contribution in [0, 0.1) is 13.8 Å². The lowest BCUT2D eigenvalue weighted by Gasteiger charge is -2.10. The maximum atomic E-state index is 12.4. The van der Waals surface area contributed by atoms with Crippen LogP contribution in [0.25, 0.3) is 11.5 Å². The number of hydrogen-bond acceptors (Lipinski definition) is 4. The lowest BCUT2D eigenvalue weighted by molar-refractivity contribution is -0.121. The van der Waals surface area contributed by atoms with E-state index in [1.54, 1.807) is 0 Å². The minimum Gasteiger partial charge on any atom is -0.350 e. The van der Waals surface area contributed by atoms with Crippen molar-refractivity contribution in [3.05, 3.63) is 58.1 Å². The molecule has 0 saturated heterocycles. The average molecular weight is 385 g/mol. The number of aryl methyl sites for hydroxylation is 1. The minimum atomic E-state index is -0.0532. The van der Waals surface area contributed by atoms with E-state index in [0.717, 1.165) is 41.2 Å². The van der Waals surface area contributed by atoms with Crippen molar-refractivity contribution in [2.45, 2.75) is 45.7 Å². The standard InChI is InChI=1S/C20H21ClN4O2/c1-12-9-17(20-23-19(24-27-20)15-5-6-15)13(2)25(12)11-18(26)22-10-14-3-7-16(21)8-4-14/h3-4,7-9,15H,5-6,10-11H2,1-2H3,(H,22,26). The van der Waals surface area contributed by atoms with Gasteiger partial charge in [0, 0.05) is 28.9 Å². The van der Waals surface area contributed by atoms with Crippen LogP contribution in [-0.4, -0.2) is 20.6 Å². The van der Waals surface area contributed by atoms with Crippen molar-refractivity contribution in [2.24, 2.45) is 0 Å². The molecule has 1 aliphatic rings. The van der Waals surface area contributed by atoms with E-state index in [1.807, 2.05) is 48.7 Å². The van der Waals surface area contributed by atoms with Gasteiger partial charge in [-0.05, 0) is 50.5 Å². The van der Waals surface area contributed by atoms with Gasteiger partial charge >= 0.3 is 0 Å².